The van der Waals surface area contributed by atoms with Gasteiger partial charge in [0.05, 0.1) is 19.6 Å². The van der Waals surface area contributed by atoms with Crippen LogP contribution in [0.1, 0.15) is 39.7 Å². The van der Waals surface area contributed by atoms with Gasteiger partial charge in [0, 0.05) is 20.1 Å². The Bertz CT molecular complexity index is 457. The second-order valence-corrected chi connectivity index (χ2v) is 5.31. The maximum Gasteiger partial charge on any atom is 0.142 e. The molecule has 132 valence electrons. The lowest BCUT2D eigenvalue weighted by atomic mass is 9.86. The summed E-state index contributed by atoms with van der Waals surface area (Å²) in [7, 11) is 4.90. The second kappa shape index (κ2) is 11.9. The van der Waals surface area contributed by atoms with Crippen LogP contribution in [-0.4, -0.2) is 33.7 Å². The van der Waals surface area contributed by atoms with E-state index in [1.165, 1.54) is 0 Å². The first-order valence-electron chi connectivity index (χ1n) is 8.30. The van der Waals surface area contributed by atoms with Gasteiger partial charge in [-0.1, -0.05) is 27.7 Å². The Morgan fingerprint density at radius 1 is 1.30 bits per heavy atom. The first kappa shape index (κ1) is 21.4. The van der Waals surface area contributed by atoms with Crippen LogP contribution in [-0.2, 0) is 16.0 Å². The zero-order valence-corrected chi connectivity index (χ0v) is 15.6. The van der Waals surface area contributed by atoms with Crippen LogP contribution in [0.3, 0.4) is 0 Å². The highest BCUT2D eigenvalue weighted by molar-refractivity contribution is 5.83. The van der Waals surface area contributed by atoms with E-state index in [-0.39, 0.29) is 11.8 Å². The van der Waals surface area contributed by atoms with Crippen molar-refractivity contribution < 1.29 is 19.0 Å². The zero-order chi connectivity index (χ0) is 17.8. The Morgan fingerprint density at radius 2 is 1.91 bits per heavy atom. The van der Waals surface area contributed by atoms with E-state index in [9.17, 15) is 4.79 Å². The van der Waals surface area contributed by atoms with E-state index >= 15 is 0 Å². The lowest BCUT2D eigenvalue weighted by Crippen LogP contribution is -2.31. The summed E-state index contributed by atoms with van der Waals surface area (Å²) in [6.07, 6.45) is 1.65. The average molecular weight is 324 g/mol. The summed E-state index contributed by atoms with van der Waals surface area (Å²) in [5.41, 5.74) is 1.07. The number of Topliss-reactive ketones (excluding diaryl/α,β-unsaturated/α-hetero) is 1. The number of carbonyl (C=O) groups is 1. The van der Waals surface area contributed by atoms with E-state index in [1.807, 2.05) is 45.9 Å². The smallest absolute Gasteiger partial charge is 0.142 e. The number of benzene rings is 1. The van der Waals surface area contributed by atoms with Crippen molar-refractivity contribution in [1.29, 1.82) is 0 Å². The lowest BCUT2D eigenvalue weighted by Gasteiger charge is -2.26. The van der Waals surface area contributed by atoms with Gasteiger partial charge in [-0.2, -0.15) is 0 Å². The van der Waals surface area contributed by atoms with Crippen molar-refractivity contribution in [2.24, 2.45) is 11.8 Å². The van der Waals surface area contributed by atoms with Gasteiger partial charge in [0.25, 0.3) is 0 Å². The fourth-order valence-corrected chi connectivity index (χ4v) is 2.28. The van der Waals surface area contributed by atoms with Crippen molar-refractivity contribution in [1.82, 2.24) is 0 Å². The number of hydrogen-bond acceptors (Lipinski definition) is 4. The van der Waals surface area contributed by atoms with E-state index in [1.54, 1.807) is 21.3 Å². The van der Waals surface area contributed by atoms with Crippen molar-refractivity contribution in [2.45, 2.75) is 40.5 Å². The summed E-state index contributed by atoms with van der Waals surface area (Å²) in [4.78, 5) is 12.2. The maximum atomic E-state index is 12.2. The van der Waals surface area contributed by atoms with Crippen molar-refractivity contribution in [3.8, 4) is 11.5 Å². The Hall–Kier alpha value is -1.55. The molecule has 1 aromatic rings. The van der Waals surface area contributed by atoms with Crippen LogP contribution in [0.4, 0.5) is 0 Å². The van der Waals surface area contributed by atoms with Crippen LogP contribution in [0.2, 0.25) is 0 Å². The van der Waals surface area contributed by atoms with E-state index < -0.39 is 0 Å². The molecule has 0 aliphatic carbocycles. The van der Waals surface area contributed by atoms with Crippen molar-refractivity contribution in [3.63, 3.8) is 0 Å². The summed E-state index contributed by atoms with van der Waals surface area (Å²) in [6.45, 7) is 8.54. The van der Waals surface area contributed by atoms with E-state index in [4.69, 9.17) is 9.47 Å². The van der Waals surface area contributed by atoms with Crippen molar-refractivity contribution in [3.05, 3.63) is 23.8 Å². The van der Waals surface area contributed by atoms with E-state index in [0.29, 0.717) is 12.4 Å². The molecule has 0 radical (unpaired) electrons. The SMILES string of the molecule is CC.CCC(C)C(=O)C1COc2ccc(OC)cc2C1.COC. The molecule has 2 rings (SSSR count). The third-order valence-corrected chi connectivity index (χ3v) is 3.67. The van der Waals surface area contributed by atoms with Gasteiger partial charge in [0.2, 0.25) is 0 Å². The number of rotatable bonds is 4. The van der Waals surface area contributed by atoms with Crippen LogP contribution in [0.5, 0.6) is 11.5 Å². The van der Waals surface area contributed by atoms with Crippen molar-refractivity contribution in [2.75, 3.05) is 27.9 Å². The molecule has 0 saturated carbocycles. The number of carbonyl (C=O) groups excluding carboxylic acids is 1. The Balaban J connectivity index is 0.000000868. The molecule has 0 N–H and O–H groups in total. The maximum absolute atomic E-state index is 12.2. The van der Waals surface area contributed by atoms with Crippen LogP contribution in [0.25, 0.3) is 0 Å². The summed E-state index contributed by atoms with van der Waals surface area (Å²) < 4.78 is 15.1. The molecule has 1 aliphatic heterocycles. The molecular weight excluding hydrogens is 292 g/mol. The number of ketones is 1. The molecule has 4 heteroatoms. The third-order valence-electron chi connectivity index (χ3n) is 3.67. The molecule has 2 unspecified atom stereocenters. The minimum atomic E-state index is -0.0143. The quantitative estimate of drug-likeness (QED) is 0.834. The van der Waals surface area contributed by atoms with Gasteiger partial charge in [0.15, 0.2) is 0 Å². The number of hydrogen-bond donors (Lipinski definition) is 0. The summed E-state index contributed by atoms with van der Waals surface area (Å²) in [6, 6.07) is 5.76. The van der Waals surface area contributed by atoms with Gasteiger partial charge >= 0.3 is 0 Å². The predicted molar refractivity (Wildman–Crippen MR) is 94.4 cm³/mol. The number of ether oxygens (including phenoxy) is 3. The minimum absolute atomic E-state index is 0.0143. The molecule has 1 heterocycles. The first-order chi connectivity index (χ1) is 11.1. The molecule has 0 saturated heterocycles. The lowest BCUT2D eigenvalue weighted by molar-refractivity contribution is -0.127. The predicted octanol–water partition coefficient (Wildman–Crippen LogP) is 4.15. The highest BCUT2D eigenvalue weighted by Crippen LogP contribution is 2.31. The molecule has 0 aromatic heterocycles. The van der Waals surface area contributed by atoms with Gasteiger partial charge < -0.3 is 14.2 Å². The van der Waals surface area contributed by atoms with Gasteiger partial charge in [-0.05, 0) is 36.6 Å². The highest BCUT2D eigenvalue weighted by Gasteiger charge is 2.28. The zero-order valence-electron chi connectivity index (χ0n) is 15.6. The second-order valence-electron chi connectivity index (χ2n) is 5.31. The Labute approximate surface area is 141 Å². The molecule has 23 heavy (non-hydrogen) atoms. The number of fused-ring (bicyclic) bond motifs is 1. The van der Waals surface area contributed by atoms with Gasteiger partial charge in [-0.25, -0.2) is 0 Å². The first-order valence-corrected chi connectivity index (χ1v) is 8.30. The summed E-state index contributed by atoms with van der Waals surface area (Å²) >= 11 is 0. The Kier molecular flexibility index (Phi) is 11.1. The van der Waals surface area contributed by atoms with Crippen LogP contribution in [0, 0.1) is 11.8 Å². The highest BCUT2D eigenvalue weighted by atomic mass is 16.5. The number of methoxy groups -OCH3 is 2. The van der Waals surface area contributed by atoms with Crippen LogP contribution >= 0.6 is 0 Å². The third kappa shape index (κ3) is 6.61. The molecule has 1 aliphatic rings. The molecule has 0 spiro atoms. The fourth-order valence-electron chi connectivity index (χ4n) is 2.28. The average Bonchev–Trinajstić information content (AvgIpc) is 2.61. The van der Waals surface area contributed by atoms with Gasteiger partial charge in [-0.15, -0.1) is 0 Å². The van der Waals surface area contributed by atoms with Crippen molar-refractivity contribution >= 4 is 5.78 Å². The monoisotopic (exact) mass is 324 g/mol. The summed E-state index contributed by atoms with van der Waals surface area (Å²) in [5, 5.41) is 0. The molecule has 0 amide bonds. The topological polar surface area (TPSA) is 44.8 Å². The molecular formula is C19H32O4. The van der Waals surface area contributed by atoms with Gasteiger partial charge in [0.1, 0.15) is 17.3 Å². The summed E-state index contributed by atoms with van der Waals surface area (Å²) in [5.74, 6) is 2.11. The van der Waals surface area contributed by atoms with Crippen LogP contribution < -0.4 is 9.47 Å². The molecule has 0 bridgehead atoms. The van der Waals surface area contributed by atoms with Gasteiger partial charge in [-0.3, -0.25) is 4.79 Å². The molecule has 4 nitrogen and oxygen atoms in total. The molecule has 0 fully saturated rings. The fraction of sp³-hybridized carbons (Fsp3) is 0.632. The Morgan fingerprint density at radius 3 is 2.43 bits per heavy atom. The van der Waals surface area contributed by atoms with E-state index in [0.717, 1.165) is 29.9 Å². The van der Waals surface area contributed by atoms with E-state index in [2.05, 4.69) is 4.74 Å². The standard InChI is InChI=1S/C15H20O3.C2H6O.C2H6/c1-4-10(2)15(16)12-7-11-8-13(17-3)5-6-14(11)18-9-12;1-3-2;1-2/h5-6,8,10,12H,4,7,9H2,1-3H3;1-2H3;1-2H3. The minimum Gasteiger partial charge on any atom is -0.497 e. The molecule has 1 aromatic carbocycles. The largest absolute Gasteiger partial charge is 0.497 e. The normalized spacial score (nSPS) is 16.4. The van der Waals surface area contributed by atoms with Crippen LogP contribution in [0.15, 0.2) is 18.2 Å². The molecule has 2 atom stereocenters.